The molecule has 0 aliphatic rings. The second kappa shape index (κ2) is 7.99. The Morgan fingerprint density at radius 1 is 1.40 bits per heavy atom. The predicted octanol–water partition coefficient (Wildman–Crippen LogP) is 3.11. The van der Waals surface area contributed by atoms with Gasteiger partial charge in [0.15, 0.2) is 0 Å². The number of thioether (sulfide) groups is 1. The Morgan fingerprint density at radius 3 is 2.76 bits per heavy atom. The van der Waals surface area contributed by atoms with Crippen molar-refractivity contribution in [2.75, 3.05) is 11.1 Å². The van der Waals surface area contributed by atoms with Gasteiger partial charge >= 0.3 is 5.69 Å². The van der Waals surface area contributed by atoms with Crippen LogP contribution in [0.2, 0.25) is 0 Å². The topological polar surface area (TPSA) is 98.6 Å². The predicted molar refractivity (Wildman–Crippen MR) is 98.9 cm³/mol. The van der Waals surface area contributed by atoms with E-state index in [1.165, 1.54) is 0 Å². The van der Waals surface area contributed by atoms with Gasteiger partial charge in [-0.15, -0.1) is 0 Å². The molecule has 0 aliphatic heterocycles. The lowest BCUT2D eigenvalue weighted by Crippen LogP contribution is -2.18. The van der Waals surface area contributed by atoms with Gasteiger partial charge in [-0.3, -0.25) is 4.79 Å². The zero-order valence-electron chi connectivity index (χ0n) is 14.6. The number of rotatable bonds is 5. The molecule has 0 saturated carbocycles. The number of aromatic nitrogens is 2. The first-order chi connectivity index (χ1) is 11.8. The first-order valence-electron chi connectivity index (χ1n) is 7.86. The molecule has 130 valence electrons. The van der Waals surface area contributed by atoms with E-state index >= 15 is 0 Å². The minimum absolute atomic E-state index is 0.0659. The molecular formula is C18H20N4O2S. The van der Waals surface area contributed by atoms with Gasteiger partial charge in [0, 0.05) is 11.4 Å². The number of carbonyl (C=O) groups excluding carboxylic acids is 1. The zero-order chi connectivity index (χ0) is 18.6. The lowest BCUT2D eigenvalue weighted by atomic mass is 9.98. The zero-order valence-corrected chi connectivity index (χ0v) is 15.5. The summed E-state index contributed by atoms with van der Waals surface area (Å²) in [5.74, 6) is 0.144. The number of anilines is 1. The first-order valence-corrected chi connectivity index (χ1v) is 8.85. The summed E-state index contributed by atoms with van der Waals surface area (Å²) in [5.41, 5.74) is 3.09. The Labute approximate surface area is 150 Å². The van der Waals surface area contributed by atoms with Crippen molar-refractivity contribution in [2.24, 2.45) is 0 Å². The van der Waals surface area contributed by atoms with Crippen LogP contribution >= 0.6 is 11.8 Å². The molecule has 0 bridgehead atoms. The fourth-order valence-electron chi connectivity index (χ4n) is 2.45. The number of para-hydroxylation sites is 1. The minimum Gasteiger partial charge on any atom is -0.325 e. The molecule has 1 aromatic carbocycles. The van der Waals surface area contributed by atoms with E-state index in [9.17, 15) is 14.9 Å². The quantitative estimate of drug-likeness (QED) is 0.633. The van der Waals surface area contributed by atoms with Gasteiger partial charge in [-0.2, -0.15) is 10.2 Å². The smallest absolute Gasteiger partial charge is 0.325 e. The molecule has 6 nitrogen and oxygen atoms in total. The maximum absolute atomic E-state index is 12.4. The summed E-state index contributed by atoms with van der Waals surface area (Å²) in [7, 11) is 0. The van der Waals surface area contributed by atoms with Gasteiger partial charge in [0.05, 0.1) is 5.75 Å². The Bertz CT molecular complexity index is 897. The van der Waals surface area contributed by atoms with Gasteiger partial charge < -0.3 is 10.3 Å². The van der Waals surface area contributed by atoms with Crippen molar-refractivity contribution in [1.29, 1.82) is 5.26 Å². The molecule has 7 heteroatoms. The number of H-pyrrole nitrogens is 1. The third kappa shape index (κ3) is 4.48. The van der Waals surface area contributed by atoms with Crippen molar-refractivity contribution in [3.05, 3.63) is 51.1 Å². The van der Waals surface area contributed by atoms with E-state index in [2.05, 4.69) is 29.1 Å². The fraction of sp³-hybridized carbons (Fsp3) is 0.333. The number of carbonyl (C=O) groups is 1. The summed E-state index contributed by atoms with van der Waals surface area (Å²) in [4.78, 5) is 30.1. The molecule has 0 fully saturated rings. The van der Waals surface area contributed by atoms with E-state index < -0.39 is 5.69 Å². The molecule has 1 aromatic heterocycles. The van der Waals surface area contributed by atoms with Gasteiger partial charge in [-0.25, -0.2) is 4.79 Å². The summed E-state index contributed by atoms with van der Waals surface area (Å²) >= 11 is 1.08. The molecule has 0 aliphatic carbocycles. The van der Waals surface area contributed by atoms with Gasteiger partial charge in [-0.1, -0.05) is 43.8 Å². The van der Waals surface area contributed by atoms with E-state index in [1.807, 2.05) is 31.2 Å². The molecule has 2 rings (SSSR count). The van der Waals surface area contributed by atoms with Gasteiger partial charge in [-0.05, 0) is 30.9 Å². The lowest BCUT2D eigenvalue weighted by Gasteiger charge is -2.16. The summed E-state index contributed by atoms with van der Waals surface area (Å²) in [6, 6.07) is 7.93. The average molecular weight is 356 g/mol. The first kappa shape index (κ1) is 18.7. The highest BCUT2D eigenvalue weighted by Gasteiger charge is 2.15. The third-order valence-electron chi connectivity index (χ3n) is 3.73. The minimum atomic E-state index is -0.527. The number of hydrogen-bond acceptors (Lipinski definition) is 5. The maximum atomic E-state index is 12.4. The van der Waals surface area contributed by atoms with E-state index in [0.717, 1.165) is 28.6 Å². The number of nitrogens with one attached hydrogen (secondary N) is 2. The van der Waals surface area contributed by atoms with Gasteiger partial charge in [0.1, 0.15) is 16.7 Å². The maximum Gasteiger partial charge on any atom is 0.346 e. The molecule has 0 saturated heterocycles. The SMILES string of the molecule is Cc1cccc(C(C)C)c1NC(=O)CSc1nc(=O)[nH]c(C)c1C#N. The van der Waals surface area contributed by atoms with Crippen LogP contribution in [0.3, 0.4) is 0 Å². The number of amides is 1. The molecule has 1 heterocycles. The van der Waals surface area contributed by atoms with Crippen LogP contribution in [0.1, 0.15) is 42.1 Å². The lowest BCUT2D eigenvalue weighted by molar-refractivity contribution is -0.113. The average Bonchev–Trinajstić information content (AvgIpc) is 2.54. The highest BCUT2D eigenvalue weighted by molar-refractivity contribution is 8.00. The standard InChI is InChI=1S/C18H20N4O2S/c1-10(2)13-7-5-6-11(3)16(13)21-15(23)9-25-17-14(8-19)12(4)20-18(24)22-17/h5-7,10H,9H2,1-4H3,(H,21,23)(H,20,22,24). The molecule has 0 unspecified atom stereocenters. The van der Waals surface area contributed by atoms with Gasteiger partial charge in [0.25, 0.3) is 0 Å². The molecule has 0 spiro atoms. The summed E-state index contributed by atoms with van der Waals surface area (Å²) in [6.45, 7) is 7.72. The largest absolute Gasteiger partial charge is 0.346 e. The Kier molecular flexibility index (Phi) is 5.99. The number of aromatic amines is 1. The van der Waals surface area contributed by atoms with Crippen LogP contribution in [0.25, 0.3) is 0 Å². The molecule has 1 amide bonds. The number of hydrogen-bond donors (Lipinski definition) is 2. The van der Waals surface area contributed by atoms with Crippen molar-refractivity contribution < 1.29 is 4.79 Å². The second-order valence-electron chi connectivity index (χ2n) is 5.99. The van der Waals surface area contributed by atoms with Crippen LogP contribution in [0.5, 0.6) is 0 Å². The molecule has 25 heavy (non-hydrogen) atoms. The van der Waals surface area contributed by atoms with Crippen molar-refractivity contribution in [1.82, 2.24) is 9.97 Å². The third-order valence-corrected chi connectivity index (χ3v) is 4.70. The molecule has 0 radical (unpaired) electrons. The van der Waals surface area contributed by atoms with Gasteiger partial charge in [0.2, 0.25) is 5.91 Å². The van der Waals surface area contributed by atoms with Crippen molar-refractivity contribution >= 4 is 23.4 Å². The number of aryl methyl sites for hydroxylation is 2. The monoisotopic (exact) mass is 356 g/mol. The van der Waals surface area contributed by atoms with Crippen molar-refractivity contribution in [2.45, 2.75) is 38.6 Å². The van der Waals surface area contributed by atoms with E-state index in [1.54, 1.807) is 6.92 Å². The van der Waals surface area contributed by atoms with Crippen LogP contribution < -0.4 is 11.0 Å². The summed E-state index contributed by atoms with van der Waals surface area (Å²) in [6.07, 6.45) is 0. The van der Waals surface area contributed by atoms with Crippen molar-refractivity contribution in [3.63, 3.8) is 0 Å². The molecule has 2 aromatic rings. The Hall–Kier alpha value is -2.59. The number of nitriles is 1. The highest BCUT2D eigenvalue weighted by Crippen LogP contribution is 2.28. The fourth-order valence-corrected chi connectivity index (χ4v) is 3.28. The normalized spacial score (nSPS) is 10.6. The van der Waals surface area contributed by atoms with Crippen LogP contribution in [0.15, 0.2) is 28.0 Å². The van der Waals surface area contributed by atoms with Crippen molar-refractivity contribution in [3.8, 4) is 6.07 Å². The summed E-state index contributed by atoms with van der Waals surface area (Å²) < 4.78 is 0. The van der Waals surface area contributed by atoms with E-state index in [4.69, 9.17) is 0 Å². The number of nitrogens with zero attached hydrogens (tertiary/aromatic N) is 2. The van der Waals surface area contributed by atoms with Crippen LogP contribution in [-0.4, -0.2) is 21.6 Å². The Balaban J connectivity index is 2.16. The molecular weight excluding hydrogens is 336 g/mol. The van der Waals surface area contributed by atoms with Crippen LogP contribution in [-0.2, 0) is 4.79 Å². The van der Waals surface area contributed by atoms with Crippen LogP contribution in [0.4, 0.5) is 5.69 Å². The van der Waals surface area contributed by atoms with E-state index in [0.29, 0.717) is 5.69 Å². The summed E-state index contributed by atoms with van der Waals surface area (Å²) in [5, 5.41) is 12.4. The molecule has 0 atom stereocenters. The van der Waals surface area contributed by atoms with Crippen LogP contribution in [0, 0.1) is 25.2 Å². The Morgan fingerprint density at radius 2 is 2.12 bits per heavy atom. The highest BCUT2D eigenvalue weighted by atomic mass is 32.2. The number of benzene rings is 1. The second-order valence-corrected chi connectivity index (χ2v) is 6.95. The van der Waals surface area contributed by atoms with E-state index in [-0.39, 0.29) is 28.2 Å². The molecule has 2 N–H and O–H groups in total.